The number of aromatic nitrogens is 1. The van der Waals surface area contributed by atoms with Gasteiger partial charge in [-0.2, -0.15) is 0 Å². The molecule has 0 aromatic carbocycles. The van der Waals surface area contributed by atoms with Crippen molar-refractivity contribution < 1.29 is 17.9 Å². The molecule has 0 unspecified atom stereocenters. The minimum atomic E-state index is -3.86. The van der Waals surface area contributed by atoms with Gasteiger partial charge in [0.1, 0.15) is 10.7 Å². The minimum Gasteiger partial charge on any atom is -0.389 e. The second-order valence-electron chi connectivity index (χ2n) is 6.55. The van der Waals surface area contributed by atoms with Crippen molar-refractivity contribution in [2.24, 2.45) is 5.41 Å². The lowest BCUT2D eigenvalue weighted by atomic mass is 9.71. The third-order valence-electron chi connectivity index (χ3n) is 4.12. The average Bonchev–Trinajstić information content (AvgIpc) is 2.41. The zero-order valence-electron chi connectivity index (χ0n) is 12.3. The van der Waals surface area contributed by atoms with Crippen molar-refractivity contribution in [1.82, 2.24) is 9.71 Å². The first kappa shape index (κ1) is 16.3. The molecule has 0 radical (unpaired) electrons. The molecule has 1 heterocycles. The molecule has 1 aliphatic rings. The fourth-order valence-electron chi connectivity index (χ4n) is 2.42. The van der Waals surface area contributed by atoms with Crippen molar-refractivity contribution in [3.8, 4) is 0 Å². The summed E-state index contributed by atoms with van der Waals surface area (Å²) >= 11 is 0. The van der Waals surface area contributed by atoms with Gasteiger partial charge in [0.2, 0.25) is 10.0 Å². The molecule has 21 heavy (non-hydrogen) atoms. The van der Waals surface area contributed by atoms with E-state index in [0.29, 0.717) is 12.8 Å². The highest BCUT2D eigenvalue weighted by molar-refractivity contribution is 7.89. The molecule has 0 amide bonds. The van der Waals surface area contributed by atoms with Crippen molar-refractivity contribution in [1.29, 1.82) is 0 Å². The minimum absolute atomic E-state index is 0.0675. The van der Waals surface area contributed by atoms with Crippen molar-refractivity contribution in [2.75, 3.05) is 6.54 Å². The number of pyridine rings is 1. The van der Waals surface area contributed by atoms with Gasteiger partial charge in [0.25, 0.3) is 0 Å². The Balaban J connectivity index is 2.02. The van der Waals surface area contributed by atoms with Crippen molar-refractivity contribution in [3.05, 3.63) is 24.3 Å². The molecule has 118 valence electrons. The van der Waals surface area contributed by atoms with E-state index in [1.807, 2.05) is 0 Å². The van der Waals surface area contributed by atoms with E-state index in [1.165, 1.54) is 0 Å². The van der Waals surface area contributed by atoms with Gasteiger partial charge in [0, 0.05) is 12.7 Å². The molecule has 5 nitrogen and oxygen atoms in total. The van der Waals surface area contributed by atoms with E-state index in [-0.39, 0.29) is 16.9 Å². The number of hydrogen-bond donors (Lipinski definition) is 2. The molecule has 1 fully saturated rings. The molecule has 7 heteroatoms. The molecule has 0 saturated heterocycles. The molecule has 1 aromatic rings. The molecule has 0 bridgehead atoms. The van der Waals surface area contributed by atoms with E-state index in [0.717, 1.165) is 31.3 Å². The Hall–Kier alpha value is -1.05. The Bertz CT molecular complexity index is 606. The van der Waals surface area contributed by atoms with Gasteiger partial charge in [-0.3, -0.25) is 4.98 Å². The van der Waals surface area contributed by atoms with Gasteiger partial charge < -0.3 is 5.11 Å². The van der Waals surface area contributed by atoms with E-state index in [1.54, 1.807) is 0 Å². The lowest BCUT2D eigenvalue weighted by Crippen LogP contribution is -2.46. The van der Waals surface area contributed by atoms with Gasteiger partial charge in [-0.1, -0.05) is 13.8 Å². The van der Waals surface area contributed by atoms with Crippen LogP contribution in [0, 0.1) is 11.2 Å². The lowest BCUT2D eigenvalue weighted by molar-refractivity contribution is -0.0205. The first-order valence-corrected chi connectivity index (χ1v) is 8.43. The maximum absolute atomic E-state index is 13.0. The number of hydrogen-bond acceptors (Lipinski definition) is 4. The number of aliphatic hydroxyl groups is 1. The summed E-state index contributed by atoms with van der Waals surface area (Å²) in [5.74, 6) is -0.712. The first-order valence-electron chi connectivity index (χ1n) is 6.95. The van der Waals surface area contributed by atoms with Gasteiger partial charge in [0.05, 0.1) is 11.8 Å². The van der Waals surface area contributed by atoms with Crippen molar-refractivity contribution in [3.63, 3.8) is 0 Å². The standard InChI is InChI=1S/C14H21FN2O3S/c1-13(2)3-5-14(18,6-4-13)10-17-21(19,20)12-7-11(15)8-16-9-12/h7-9,17-18H,3-6,10H2,1-2H3. The summed E-state index contributed by atoms with van der Waals surface area (Å²) in [5, 5.41) is 10.5. The second kappa shape index (κ2) is 5.62. The summed E-state index contributed by atoms with van der Waals surface area (Å²) in [7, 11) is -3.86. The molecular weight excluding hydrogens is 295 g/mol. The summed E-state index contributed by atoms with van der Waals surface area (Å²) in [4.78, 5) is 3.29. The molecule has 0 aliphatic heterocycles. The summed E-state index contributed by atoms with van der Waals surface area (Å²) < 4.78 is 39.5. The lowest BCUT2D eigenvalue weighted by Gasteiger charge is -2.40. The van der Waals surface area contributed by atoms with Crippen LogP contribution in [-0.2, 0) is 10.0 Å². The van der Waals surface area contributed by atoms with Gasteiger partial charge in [-0.15, -0.1) is 0 Å². The molecule has 2 N–H and O–H groups in total. The largest absolute Gasteiger partial charge is 0.389 e. The van der Waals surface area contributed by atoms with E-state index in [9.17, 15) is 17.9 Å². The Morgan fingerprint density at radius 3 is 2.48 bits per heavy atom. The van der Waals surface area contributed by atoms with E-state index in [4.69, 9.17) is 0 Å². The third kappa shape index (κ3) is 4.21. The predicted octanol–water partition coefficient (Wildman–Crippen LogP) is 1.83. The smallest absolute Gasteiger partial charge is 0.242 e. The van der Waals surface area contributed by atoms with E-state index in [2.05, 4.69) is 23.6 Å². The maximum atomic E-state index is 13.0. The highest BCUT2D eigenvalue weighted by Gasteiger charge is 2.37. The van der Waals surface area contributed by atoms with Crippen LogP contribution in [0.1, 0.15) is 39.5 Å². The third-order valence-corrected chi connectivity index (χ3v) is 5.48. The number of nitrogens with one attached hydrogen (secondary N) is 1. The molecule has 1 aliphatic carbocycles. The molecular formula is C14H21FN2O3S. The second-order valence-corrected chi connectivity index (χ2v) is 8.32. The SMILES string of the molecule is CC1(C)CCC(O)(CNS(=O)(=O)c2cncc(F)c2)CC1. The molecule has 1 aromatic heterocycles. The Morgan fingerprint density at radius 1 is 1.29 bits per heavy atom. The Labute approximate surface area is 124 Å². The van der Waals surface area contributed by atoms with E-state index < -0.39 is 21.4 Å². The average molecular weight is 316 g/mol. The predicted molar refractivity (Wildman–Crippen MR) is 76.6 cm³/mol. The summed E-state index contributed by atoms with van der Waals surface area (Å²) in [5.41, 5.74) is -0.860. The summed E-state index contributed by atoms with van der Waals surface area (Å²) in [6, 6.07) is 0.906. The van der Waals surface area contributed by atoms with Crippen LogP contribution in [0.2, 0.25) is 0 Å². The highest BCUT2D eigenvalue weighted by atomic mass is 32.2. The number of sulfonamides is 1. The van der Waals surface area contributed by atoms with Crippen LogP contribution in [0.3, 0.4) is 0 Å². The van der Waals surface area contributed by atoms with Gasteiger partial charge >= 0.3 is 0 Å². The zero-order valence-corrected chi connectivity index (χ0v) is 13.1. The fraction of sp³-hybridized carbons (Fsp3) is 0.643. The van der Waals surface area contributed by atoms with Gasteiger partial charge in [-0.25, -0.2) is 17.5 Å². The quantitative estimate of drug-likeness (QED) is 0.888. The Morgan fingerprint density at radius 2 is 1.90 bits per heavy atom. The number of rotatable bonds is 4. The highest BCUT2D eigenvalue weighted by Crippen LogP contribution is 2.39. The van der Waals surface area contributed by atoms with Crippen molar-refractivity contribution in [2.45, 2.75) is 50.0 Å². The topological polar surface area (TPSA) is 79.3 Å². The fourth-order valence-corrected chi connectivity index (χ4v) is 3.51. The van der Waals surface area contributed by atoms with Crippen LogP contribution < -0.4 is 4.72 Å². The molecule has 0 atom stereocenters. The maximum Gasteiger partial charge on any atom is 0.242 e. The molecule has 2 rings (SSSR count). The van der Waals surface area contributed by atoms with Crippen LogP contribution in [0.5, 0.6) is 0 Å². The van der Waals surface area contributed by atoms with Gasteiger partial charge in [0.15, 0.2) is 0 Å². The first-order chi connectivity index (χ1) is 9.62. The normalized spacial score (nSPS) is 21.1. The van der Waals surface area contributed by atoms with Crippen LogP contribution in [0.4, 0.5) is 4.39 Å². The monoisotopic (exact) mass is 316 g/mol. The summed E-state index contributed by atoms with van der Waals surface area (Å²) in [6.07, 6.45) is 4.79. The van der Waals surface area contributed by atoms with Crippen LogP contribution in [0.15, 0.2) is 23.4 Å². The molecule has 1 saturated carbocycles. The van der Waals surface area contributed by atoms with Gasteiger partial charge in [-0.05, 0) is 37.2 Å². The van der Waals surface area contributed by atoms with Crippen LogP contribution >= 0.6 is 0 Å². The summed E-state index contributed by atoms with van der Waals surface area (Å²) in [6.45, 7) is 4.20. The zero-order chi connectivity index (χ0) is 15.7. The van der Waals surface area contributed by atoms with Crippen molar-refractivity contribution >= 4 is 10.0 Å². The molecule has 0 spiro atoms. The van der Waals surface area contributed by atoms with Crippen LogP contribution in [0.25, 0.3) is 0 Å². The van der Waals surface area contributed by atoms with Crippen LogP contribution in [-0.4, -0.2) is 30.7 Å². The van der Waals surface area contributed by atoms with E-state index >= 15 is 0 Å². The number of nitrogens with zero attached hydrogens (tertiary/aromatic N) is 1. The number of halogens is 1. The Kier molecular flexibility index (Phi) is 4.37.